The van der Waals surface area contributed by atoms with Crippen LogP contribution in [0.5, 0.6) is 0 Å². The third-order valence-electron chi connectivity index (χ3n) is 1.69. The topological polar surface area (TPSA) is 24.9 Å². The van der Waals surface area contributed by atoms with Gasteiger partial charge in [-0.1, -0.05) is 36.4 Å². The normalized spacial score (nSPS) is 10.9. The second-order valence-electron chi connectivity index (χ2n) is 3.45. The summed E-state index contributed by atoms with van der Waals surface area (Å²) in [5, 5.41) is 6.57. The Bertz CT molecular complexity index is 307. The third-order valence-corrected chi connectivity index (χ3v) is 3.16. The number of halogens is 1. The van der Waals surface area contributed by atoms with E-state index in [2.05, 4.69) is 52.0 Å². The van der Waals surface area contributed by atoms with Crippen molar-refractivity contribution in [2.24, 2.45) is 0 Å². The molecule has 0 saturated heterocycles. The lowest BCUT2D eigenvalue weighted by molar-refractivity contribution is 0.733. The minimum Gasteiger partial charge on any atom is -0.307 e. The first-order valence-corrected chi connectivity index (χ1v) is 6.25. The minimum atomic E-state index is 0.528. The minimum absolute atomic E-state index is 0.528. The molecule has 1 rings (SSSR count). The van der Waals surface area contributed by atoms with Crippen molar-refractivity contribution >= 4 is 27.3 Å². The fourth-order valence-electron chi connectivity index (χ4n) is 0.995. The predicted molar refractivity (Wildman–Crippen MR) is 66.0 cm³/mol. The van der Waals surface area contributed by atoms with E-state index >= 15 is 0 Å². The van der Waals surface area contributed by atoms with Crippen LogP contribution in [-0.2, 0) is 6.54 Å². The molecule has 0 radical (unpaired) electrons. The molecule has 0 atom stereocenters. The Labute approximate surface area is 97.6 Å². The molecule has 0 spiro atoms. The Kier molecular flexibility index (Phi) is 4.78. The average Bonchev–Trinajstić information content (AvgIpc) is 2.52. The molecule has 78 valence electrons. The van der Waals surface area contributed by atoms with Crippen LogP contribution < -0.4 is 5.32 Å². The van der Waals surface area contributed by atoms with Gasteiger partial charge < -0.3 is 5.32 Å². The zero-order chi connectivity index (χ0) is 10.6. The highest BCUT2D eigenvalue weighted by Gasteiger charge is 2.04. The average molecular weight is 275 g/mol. The van der Waals surface area contributed by atoms with Gasteiger partial charge in [0.25, 0.3) is 0 Å². The lowest BCUT2D eigenvalue weighted by Crippen LogP contribution is -2.14. The van der Waals surface area contributed by atoms with Crippen LogP contribution in [0.4, 0.5) is 0 Å². The Balaban J connectivity index is 2.40. The van der Waals surface area contributed by atoms with Crippen molar-refractivity contribution in [1.82, 2.24) is 10.3 Å². The van der Waals surface area contributed by atoms with Gasteiger partial charge in [0.15, 0.2) is 0 Å². The summed E-state index contributed by atoms with van der Waals surface area (Å²) in [5.74, 6) is 0.528. The molecular formula is C10H15BrN2S. The molecule has 0 amide bonds. The van der Waals surface area contributed by atoms with Gasteiger partial charge in [-0.3, -0.25) is 0 Å². The monoisotopic (exact) mass is 274 g/mol. The molecule has 1 N–H and O–H groups in total. The summed E-state index contributed by atoms with van der Waals surface area (Å²) in [6.45, 7) is 9.68. The lowest BCUT2D eigenvalue weighted by Gasteiger charge is -2.00. The van der Waals surface area contributed by atoms with Crippen molar-refractivity contribution in [3.63, 3.8) is 0 Å². The summed E-state index contributed by atoms with van der Waals surface area (Å²) >= 11 is 5.03. The van der Waals surface area contributed by atoms with Gasteiger partial charge in [0.2, 0.25) is 0 Å². The molecule has 0 fully saturated rings. The van der Waals surface area contributed by atoms with Crippen LogP contribution in [0.3, 0.4) is 0 Å². The maximum atomic E-state index is 4.52. The Morgan fingerprint density at radius 1 is 1.71 bits per heavy atom. The molecule has 1 aromatic rings. The molecule has 0 saturated carbocycles. The van der Waals surface area contributed by atoms with Gasteiger partial charge in [-0.05, 0) is 0 Å². The van der Waals surface area contributed by atoms with Crippen LogP contribution in [0.25, 0.3) is 0 Å². The number of thiazole rings is 1. The van der Waals surface area contributed by atoms with Gasteiger partial charge >= 0.3 is 0 Å². The highest BCUT2D eigenvalue weighted by molar-refractivity contribution is 9.11. The number of rotatable bonds is 5. The second-order valence-corrected chi connectivity index (χ2v) is 5.46. The van der Waals surface area contributed by atoms with E-state index in [0.29, 0.717) is 5.92 Å². The summed E-state index contributed by atoms with van der Waals surface area (Å²) in [7, 11) is 0. The fourth-order valence-corrected chi connectivity index (χ4v) is 2.03. The molecule has 14 heavy (non-hydrogen) atoms. The molecule has 0 aliphatic heterocycles. The smallest absolute Gasteiger partial charge is 0.0954 e. The Morgan fingerprint density at radius 2 is 2.43 bits per heavy atom. The Hall–Kier alpha value is -0.190. The van der Waals surface area contributed by atoms with Crippen molar-refractivity contribution in [3.8, 4) is 0 Å². The summed E-state index contributed by atoms with van der Waals surface area (Å²) in [6.07, 6.45) is 0. The lowest BCUT2D eigenvalue weighted by atomic mass is 10.2. The van der Waals surface area contributed by atoms with E-state index in [4.69, 9.17) is 0 Å². The van der Waals surface area contributed by atoms with Crippen LogP contribution in [0.1, 0.15) is 30.5 Å². The van der Waals surface area contributed by atoms with Gasteiger partial charge in [0.05, 0.1) is 10.7 Å². The van der Waals surface area contributed by atoms with E-state index in [0.717, 1.165) is 23.3 Å². The molecule has 2 nitrogen and oxygen atoms in total. The second kappa shape index (κ2) is 5.63. The zero-order valence-corrected chi connectivity index (χ0v) is 10.9. The molecule has 0 aliphatic carbocycles. The van der Waals surface area contributed by atoms with Crippen molar-refractivity contribution in [2.45, 2.75) is 26.3 Å². The summed E-state index contributed by atoms with van der Waals surface area (Å²) in [4.78, 5) is 4.52. The number of hydrogen-bond donors (Lipinski definition) is 1. The SMILES string of the molecule is C=C(Br)CNCc1csc(C(C)C)n1. The van der Waals surface area contributed by atoms with Crippen LogP contribution in [0, 0.1) is 0 Å². The van der Waals surface area contributed by atoms with E-state index in [1.807, 2.05) is 0 Å². The van der Waals surface area contributed by atoms with Gasteiger partial charge in [-0.15, -0.1) is 11.3 Å². The molecule has 1 aromatic heterocycles. The van der Waals surface area contributed by atoms with Crippen LogP contribution >= 0.6 is 27.3 Å². The molecule has 0 bridgehead atoms. The van der Waals surface area contributed by atoms with E-state index in [-0.39, 0.29) is 0 Å². The van der Waals surface area contributed by atoms with Gasteiger partial charge in [-0.25, -0.2) is 4.98 Å². The quantitative estimate of drug-likeness (QED) is 0.892. The maximum absolute atomic E-state index is 4.52. The standard InChI is InChI=1S/C10H15BrN2S/c1-7(2)10-13-9(6-14-10)5-12-4-8(3)11/h6-7,12H,3-5H2,1-2H3. The molecule has 0 unspecified atom stereocenters. The largest absolute Gasteiger partial charge is 0.307 e. The molecule has 1 heterocycles. The van der Waals surface area contributed by atoms with Gasteiger partial charge in [-0.2, -0.15) is 0 Å². The molecular weight excluding hydrogens is 260 g/mol. The summed E-state index contributed by atoms with van der Waals surface area (Å²) < 4.78 is 0.969. The number of aromatic nitrogens is 1. The number of hydrogen-bond acceptors (Lipinski definition) is 3. The first kappa shape index (κ1) is 11.9. The van der Waals surface area contributed by atoms with Crippen molar-refractivity contribution in [3.05, 3.63) is 27.1 Å². The van der Waals surface area contributed by atoms with Crippen LogP contribution in [0.15, 0.2) is 16.4 Å². The molecule has 0 aromatic carbocycles. The van der Waals surface area contributed by atoms with E-state index in [1.165, 1.54) is 5.01 Å². The van der Waals surface area contributed by atoms with E-state index < -0.39 is 0 Å². The van der Waals surface area contributed by atoms with Crippen molar-refractivity contribution in [2.75, 3.05) is 6.54 Å². The van der Waals surface area contributed by atoms with Crippen LogP contribution in [0.2, 0.25) is 0 Å². The third kappa shape index (κ3) is 3.90. The fraction of sp³-hybridized carbons (Fsp3) is 0.500. The van der Waals surface area contributed by atoms with Crippen molar-refractivity contribution < 1.29 is 0 Å². The van der Waals surface area contributed by atoms with Crippen molar-refractivity contribution in [1.29, 1.82) is 0 Å². The number of nitrogens with one attached hydrogen (secondary N) is 1. The summed E-state index contributed by atoms with van der Waals surface area (Å²) in [6, 6.07) is 0. The van der Waals surface area contributed by atoms with Gasteiger partial charge in [0, 0.05) is 28.9 Å². The highest BCUT2D eigenvalue weighted by Crippen LogP contribution is 2.18. The van der Waals surface area contributed by atoms with E-state index in [9.17, 15) is 0 Å². The molecule has 0 aliphatic rings. The Morgan fingerprint density at radius 3 is 2.93 bits per heavy atom. The first-order valence-electron chi connectivity index (χ1n) is 4.58. The number of nitrogens with zero attached hydrogens (tertiary/aromatic N) is 1. The van der Waals surface area contributed by atoms with Gasteiger partial charge in [0.1, 0.15) is 0 Å². The van der Waals surface area contributed by atoms with E-state index in [1.54, 1.807) is 11.3 Å². The predicted octanol–water partition coefficient (Wildman–Crippen LogP) is 3.26. The zero-order valence-electron chi connectivity index (χ0n) is 8.51. The molecule has 4 heteroatoms. The summed E-state index contributed by atoms with van der Waals surface area (Å²) in [5.41, 5.74) is 1.12. The highest BCUT2D eigenvalue weighted by atomic mass is 79.9. The first-order chi connectivity index (χ1) is 6.59. The van der Waals surface area contributed by atoms with Crippen LogP contribution in [-0.4, -0.2) is 11.5 Å². The maximum Gasteiger partial charge on any atom is 0.0954 e.